The SMILES string of the molecule is CCCC1C(N)c2cccc(C)c2S1=O. The molecule has 2 nitrogen and oxygen atoms in total. The molecule has 0 saturated heterocycles. The molecule has 3 unspecified atom stereocenters. The summed E-state index contributed by atoms with van der Waals surface area (Å²) in [5.41, 5.74) is 8.34. The summed E-state index contributed by atoms with van der Waals surface area (Å²) in [4.78, 5) is 0.989. The molecule has 0 amide bonds. The summed E-state index contributed by atoms with van der Waals surface area (Å²) in [6.45, 7) is 4.12. The Morgan fingerprint density at radius 1 is 1.47 bits per heavy atom. The lowest BCUT2D eigenvalue weighted by Crippen LogP contribution is -2.23. The van der Waals surface area contributed by atoms with Crippen LogP contribution in [0.25, 0.3) is 0 Å². The van der Waals surface area contributed by atoms with Gasteiger partial charge in [-0.15, -0.1) is 0 Å². The van der Waals surface area contributed by atoms with Crippen molar-refractivity contribution in [1.29, 1.82) is 0 Å². The van der Waals surface area contributed by atoms with Gasteiger partial charge >= 0.3 is 0 Å². The molecular formula is C12H17NOS. The van der Waals surface area contributed by atoms with Gasteiger partial charge in [-0.3, -0.25) is 4.21 Å². The van der Waals surface area contributed by atoms with E-state index in [9.17, 15) is 4.21 Å². The van der Waals surface area contributed by atoms with Crippen molar-refractivity contribution < 1.29 is 4.21 Å². The Morgan fingerprint density at radius 2 is 2.20 bits per heavy atom. The average molecular weight is 223 g/mol. The maximum Gasteiger partial charge on any atom is 0.0588 e. The molecule has 1 heterocycles. The van der Waals surface area contributed by atoms with Crippen molar-refractivity contribution in [3.8, 4) is 0 Å². The van der Waals surface area contributed by atoms with Crippen LogP contribution in [0, 0.1) is 6.92 Å². The van der Waals surface area contributed by atoms with Crippen LogP contribution in [0.4, 0.5) is 0 Å². The Balaban J connectivity index is 2.46. The zero-order valence-electron chi connectivity index (χ0n) is 9.19. The first kappa shape index (κ1) is 10.8. The molecule has 1 aromatic rings. The van der Waals surface area contributed by atoms with Crippen LogP contribution in [-0.4, -0.2) is 9.46 Å². The Morgan fingerprint density at radius 3 is 2.80 bits per heavy atom. The minimum absolute atomic E-state index is 0.0410. The minimum Gasteiger partial charge on any atom is -0.323 e. The molecule has 3 heteroatoms. The van der Waals surface area contributed by atoms with Crippen molar-refractivity contribution in [3.05, 3.63) is 29.3 Å². The van der Waals surface area contributed by atoms with Gasteiger partial charge in [0.15, 0.2) is 0 Å². The zero-order valence-corrected chi connectivity index (χ0v) is 10.0. The Hall–Kier alpha value is -0.670. The number of nitrogens with two attached hydrogens (primary N) is 1. The highest BCUT2D eigenvalue weighted by molar-refractivity contribution is 7.86. The maximum absolute atomic E-state index is 12.2. The van der Waals surface area contributed by atoms with Gasteiger partial charge in [0.1, 0.15) is 0 Å². The van der Waals surface area contributed by atoms with Gasteiger partial charge in [0.05, 0.1) is 16.0 Å². The standard InChI is InChI=1S/C12H17NOS/c1-3-5-10-11(13)9-7-4-6-8(2)12(9)15(10)14/h4,6-7,10-11H,3,5,13H2,1-2H3. The van der Waals surface area contributed by atoms with Gasteiger partial charge in [-0.1, -0.05) is 31.5 Å². The molecule has 0 radical (unpaired) electrons. The molecule has 0 fully saturated rings. The summed E-state index contributed by atoms with van der Waals surface area (Å²) in [5.74, 6) is 0. The predicted molar refractivity (Wildman–Crippen MR) is 63.2 cm³/mol. The van der Waals surface area contributed by atoms with Crippen LogP contribution in [0.3, 0.4) is 0 Å². The number of rotatable bonds is 2. The first-order valence-electron chi connectivity index (χ1n) is 5.42. The molecule has 1 aliphatic heterocycles. The number of fused-ring (bicyclic) bond motifs is 1. The lowest BCUT2D eigenvalue weighted by Gasteiger charge is -2.12. The number of aryl methyl sites for hydroxylation is 1. The van der Waals surface area contributed by atoms with Gasteiger partial charge in [0.25, 0.3) is 0 Å². The van der Waals surface area contributed by atoms with E-state index >= 15 is 0 Å². The van der Waals surface area contributed by atoms with Gasteiger partial charge < -0.3 is 5.73 Å². The van der Waals surface area contributed by atoms with Gasteiger partial charge in [-0.2, -0.15) is 0 Å². The summed E-state index contributed by atoms with van der Waals surface area (Å²) in [6, 6.07) is 5.98. The van der Waals surface area contributed by atoms with Gasteiger partial charge in [-0.25, -0.2) is 0 Å². The van der Waals surface area contributed by atoms with Gasteiger partial charge in [-0.05, 0) is 24.5 Å². The molecular weight excluding hydrogens is 206 g/mol. The molecule has 2 N–H and O–H groups in total. The molecule has 15 heavy (non-hydrogen) atoms. The molecule has 2 rings (SSSR count). The fourth-order valence-electron chi connectivity index (χ4n) is 2.27. The summed E-state index contributed by atoms with van der Waals surface area (Å²) in [6.07, 6.45) is 1.99. The van der Waals surface area contributed by atoms with Crippen molar-refractivity contribution in [2.45, 2.75) is 42.9 Å². The van der Waals surface area contributed by atoms with Crippen molar-refractivity contribution in [3.63, 3.8) is 0 Å². The van der Waals surface area contributed by atoms with Crippen molar-refractivity contribution in [2.24, 2.45) is 5.73 Å². The number of hydrogen-bond acceptors (Lipinski definition) is 2. The molecule has 0 saturated carbocycles. The molecule has 82 valence electrons. The van der Waals surface area contributed by atoms with Crippen LogP contribution in [0.15, 0.2) is 23.1 Å². The van der Waals surface area contributed by atoms with Crippen LogP contribution in [-0.2, 0) is 10.8 Å². The third kappa shape index (κ3) is 1.64. The smallest absolute Gasteiger partial charge is 0.0588 e. The highest BCUT2D eigenvalue weighted by atomic mass is 32.2. The van der Waals surface area contributed by atoms with E-state index in [0.717, 1.165) is 28.9 Å². The van der Waals surface area contributed by atoms with Gasteiger partial charge in [0.2, 0.25) is 0 Å². The lowest BCUT2D eigenvalue weighted by atomic mass is 10.0. The van der Waals surface area contributed by atoms with E-state index in [1.54, 1.807) is 0 Å². The maximum atomic E-state index is 12.2. The summed E-state index contributed by atoms with van der Waals surface area (Å²) < 4.78 is 12.2. The predicted octanol–water partition coefficient (Wildman–Crippen LogP) is 2.28. The van der Waals surface area contributed by atoms with Crippen molar-refractivity contribution >= 4 is 10.8 Å². The Bertz CT molecular complexity index is 403. The fourth-order valence-corrected chi connectivity index (χ4v) is 4.26. The van der Waals surface area contributed by atoms with E-state index in [1.807, 2.05) is 25.1 Å². The van der Waals surface area contributed by atoms with E-state index in [4.69, 9.17) is 5.73 Å². The van der Waals surface area contributed by atoms with Crippen molar-refractivity contribution in [1.82, 2.24) is 0 Å². The van der Waals surface area contributed by atoms with Gasteiger partial charge in [0, 0.05) is 10.9 Å². The third-order valence-electron chi connectivity index (χ3n) is 3.05. The summed E-state index contributed by atoms with van der Waals surface area (Å²) in [7, 11) is -0.902. The number of benzene rings is 1. The molecule has 1 aliphatic rings. The largest absolute Gasteiger partial charge is 0.323 e. The molecule has 1 aromatic carbocycles. The second-order valence-electron chi connectivity index (χ2n) is 4.14. The molecule has 0 aliphatic carbocycles. The molecule has 0 spiro atoms. The molecule has 0 bridgehead atoms. The summed E-state index contributed by atoms with van der Waals surface area (Å²) >= 11 is 0. The summed E-state index contributed by atoms with van der Waals surface area (Å²) in [5, 5.41) is 0.117. The van der Waals surface area contributed by atoms with Crippen molar-refractivity contribution in [2.75, 3.05) is 0 Å². The van der Waals surface area contributed by atoms with Crippen LogP contribution in [0.5, 0.6) is 0 Å². The number of hydrogen-bond donors (Lipinski definition) is 1. The second kappa shape index (κ2) is 4.06. The van der Waals surface area contributed by atoms with Crippen LogP contribution in [0.2, 0.25) is 0 Å². The Labute approximate surface area is 93.3 Å². The topological polar surface area (TPSA) is 43.1 Å². The van der Waals surface area contributed by atoms with E-state index < -0.39 is 10.8 Å². The first-order valence-corrected chi connectivity index (χ1v) is 6.63. The molecule has 0 aromatic heterocycles. The van der Waals surface area contributed by atoms with E-state index in [-0.39, 0.29) is 11.3 Å². The lowest BCUT2D eigenvalue weighted by molar-refractivity contribution is 0.606. The third-order valence-corrected chi connectivity index (χ3v) is 5.09. The van der Waals surface area contributed by atoms with Crippen LogP contribution >= 0.6 is 0 Å². The van der Waals surface area contributed by atoms with E-state index in [2.05, 4.69) is 6.92 Å². The zero-order chi connectivity index (χ0) is 11.0. The quantitative estimate of drug-likeness (QED) is 0.836. The van der Waals surface area contributed by atoms with Crippen LogP contribution in [0.1, 0.15) is 36.9 Å². The normalized spacial score (nSPS) is 29.1. The fraction of sp³-hybridized carbons (Fsp3) is 0.500. The average Bonchev–Trinajstić information content (AvgIpc) is 2.45. The monoisotopic (exact) mass is 223 g/mol. The minimum atomic E-state index is -0.902. The Kier molecular flexibility index (Phi) is 2.94. The first-order chi connectivity index (χ1) is 7.16. The highest BCUT2D eigenvalue weighted by Gasteiger charge is 2.36. The molecule has 3 atom stereocenters. The van der Waals surface area contributed by atoms with E-state index in [0.29, 0.717) is 0 Å². The van der Waals surface area contributed by atoms with Crippen LogP contribution < -0.4 is 5.73 Å². The second-order valence-corrected chi connectivity index (χ2v) is 5.75. The highest BCUT2D eigenvalue weighted by Crippen LogP contribution is 2.38. The van der Waals surface area contributed by atoms with E-state index in [1.165, 1.54) is 0 Å².